The largest absolute Gasteiger partial charge is 0.478 e. The fourth-order valence-electron chi connectivity index (χ4n) is 0.0393. The van der Waals surface area contributed by atoms with Crippen molar-refractivity contribution in [1.82, 2.24) is 0 Å². The maximum Gasteiger partial charge on any atom is 0.330 e. The normalized spacial score (nSPS) is 7.18. The maximum absolute atomic E-state index is 9.60. The van der Waals surface area contributed by atoms with Gasteiger partial charge in [0, 0.05) is 11.1 Å². The van der Waals surface area contributed by atoms with Gasteiger partial charge in [0.15, 0.2) is 0 Å². The molecule has 0 atom stereocenters. The van der Waals surface area contributed by atoms with Crippen LogP contribution in [0.3, 0.4) is 0 Å². The maximum atomic E-state index is 9.60. The highest BCUT2D eigenvalue weighted by Gasteiger charge is 1.90. The molecule has 0 unspecified atom stereocenters. The molecular weight excluding hydrogens is 228 g/mol. The minimum atomic E-state index is -0.935. The number of carbonyl (C=O) groups excluding carboxylic acids is 2. The van der Waals surface area contributed by atoms with E-state index in [9.17, 15) is 19.2 Å². The highest BCUT2D eigenvalue weighted by Crippen LogP contribution is 1.81. The zero-order valence-electron chi connectivity index (χ0n) is 9.80. The Morgan fingerprint density at radius 1 is 0.941 bits per heavy atom. The summed E-state index contributed by atoms with van der Waals surface area (Å²) in [5, 5.41) is 15.8. The Kier molecular flexibility index (Phi) is 16.4. The second kappa shape index (κ2) is 13.8. The third-order valence-corrected chi connectivity index (χ3v) is 0.923. The van der Waals surface area contributed by atoms with E-state index in [4.69, 9.17) is 10.2 Å². The topological polar surface area (TPSA) is 109 Å². The smallest absolute Gasteiger partial charge is 0.330 e. The summed E-state index contributed by atoms with van der Waals surface area (Å²) in [5.41, 5.74) is 0.352. The molecule has 0 saturated carbocycles. The van der Waals surface area contributed by atoms with Crippen molar-refractivity contribution in [2.24, 2.45) is 0 Å². The third-order valence-electron chi connectivity index (χ3n) is 0.923. The van der Waals surface area contributed by atoms with Gasteiger partial charge < -0.3 is 19.8 Å². The first-order valence-electron chi connectivity index (χ1n) is 4.35. The lowest BCUT2D eigenvalue weighted by atomic mass is 10.4. The molecule has 96 valence electrons. The number of carboxylic acid groups (broad SMARTS) is 2. The molecule has 2 N–H and O–H groups in total. The van der Waals surface area contributed by atoms with Crippen LogP contribution in [-0.2, 0) is 19.2 Å². The molecule has 0 bridgehead atoms. The van der Waals surface area contributed by atoms with Crippen LogP contribution in [0.5, 0.6) is 0 Å². The third kappa shape index (κ3) is 31.6. The molecule has 0 aliphatic rings. The summed E-state index contributed by atoms with van der Waals surface area (Å²) in [6.45, 7) is 9.20. The second-order valence-electron chi connectivity index (χ2n) is 2.74. The fourth-order valence-corrected chi connectivity index (χ4v) is 0.0393. The minimum Gasteiger partial charge on any atom is -0.478 e. The van der Waals surface area contributed by atoms with Gasteiger partial charge in [-0.2, -0.15) is 0 Å². The summed E-state index contributed by atoms with van der Waals surface area (Å²) in [6, 6.07) is 0. The number of aldehydes is 2. The van der Waals surface area contributed by atoms with E-state index >= 15 is 0 Å². The Hall–Kier alpha value is -2.24. The van der Waals surface area contributed by atoms with E-state index in [-0.39, 0.29) is 17.6 Å². The molecule has 0 aliphatic heterocycles. The van der Waals surface area contributed by atoms with Crippen LogP contribution in [0.4, 0.5) is 0 Å². The second-order valence-corrected chi connectivity index (χ2v) is 2.74. The standard InChI is InChI=1S/2C4H6O2.C3H4O2/c2*1-3(2)4(5)6;4-2-1-3-5/h2*1H2,2H3,(H,5,6);2-3H,1H2. The number of aliphatic carboxylic acids is 2. The lowest BCUT2D eigenvalue weighted by Crippen LogP contribution is -1.92. The van der Waals surface area contributed by atoms with E-state index in [2.05, 4.69) is 13.2 Å². The number of rotatable bonds is 4. The van der Waals surface area contributed by atoms with Crippen molar-refractivity contribution >= 4 is 24.5 Å². The average Bonchev–Trinajstić information content (AvgIpc) is 2.20. The van der Waals surface area contributed by atoms with E-state index in [1.165, 1.54) is 13.8 Å². The molecular formula is C11H16O6. The first-order valence-corrected chi connectivity index (χ1v) is 4.35. The number of hydrogen-bond donors (Lipinski definition) is 2. The Bertz CT molecular complexity index is 249. The van der Waals surface area contributed by atoms with Gasteiger partial charge in [0.2, 0.25) is 0 Å². The molecule has 0 aromatic heterocycles. The SMILES string of the molecule is C=C(C)C(=O)O.C=C(C)C(=O)O.O=CCC=O. The van der Waals surface area contributed by atoms with Crippen molar-refractivity contribution in [3.05, 3.63) is 24.3 Å². The molecule has 0 radical (unpaired) electrons. The van der Waals surface area contributed by atoms with Crippen LogP contribution in [-0.4, -0.2) is 34.7 Å². The van der Waals surface area contributed by atoms with E-state index in [1.54, 1.807) is 0 Å². The Morgan fingerprint density at radius 3 is 1.12 bits per heavy atom. The van der Waals surface area contributed by atoms with Gasteiger partial charge in [-0.25, -0.2) is 9.59 Å². The van der Waals surface area contributed by atoms with Crippen LogP contribution < -0.4 is 0 Å². The molecule has 6 heteroatoms. The molecule has 0 heterocycles. The Labute approximate surface area is 99.3 Å². The van der Waals surface area contributed by atoms with Crippen LogP contribution in [0, 0.1) is 0 Å². The molecule has 0 spiro atoms. The van der Waals surface area contributed by atoms with Crippen molar-refractivity contribution in [2.75, 3.05) is 0 Å². The fraction of sp³-hybridized carbons (Fsp3) is 0.273. The van der Waals surface area contributed by atoms with Gasteiger partial charge in [0.1, 0.15) is 12.6 Å². The monoisotopic (exact) mass is 244 g/mol. The molecule has 0 saturated heterocycles. The first kappa shape index (κ1) is 20.2. The van der Waals surface area contributed by atoms with Gasteiger partial charge in [0.05, 0.1) is 6.42 Å². The molecule has 0 amide bonds. The highest BCUT2D eigenvalue weighted by atomic mass is 16.4. The van der Waals surface area contributed by atoms with Gasteiger partial charge in [-0.1, -0.05) is 13.2 Å². The van der Waals surface area contributed by atoms with Crippen LogP contribution in [0.25, 0.3) is 0 Å². The average molecular weight is 244 g/mol. The summed E-state index contributed by atoms with van der Waals surface area (Å²) in [6.07, 6.45) is 1.15. The first-order chi connectivity index (χ1) is 7.70. The lowest BCUT2D eigenvalue weighted by Gasteiger charge is -1.79. The molecule has 0 rings (SSSR count). The van der Waals surface area contributed by atoms with Crippen molar-refractivity contribution < 1.29 is 29.4 Å². The van der Waals surface area contributed by atoms with Crippen LogP contribution in [0.2, 0.25) is 0 Å². The number of hydrogen-bond acceptors (Lipinski definition) is 4. The molecule has 0 aromatic rings. The van der Waals surface area contributed by atoms with Crippen molar-refractivity contribution in [3.63, 3.8) is 0 Å². The van der Waals surface area contributed by atoms with E-state index in [1.807, 2.05) is 0 Å². The number of carboxylic acids is 2. The van der Waals surface area contributed by atoms with Crippen LogP contribution in [0.15, 0.2) is 24.3 Å². The van der Waals surface area contributed by atoms with Gasteiger partial charge in [-0.05, 0) is 13.8 Å². The van der Waals surface area contributed by atoms with Gasteiger partial charge in [-0.3, -0.25) is 0 Å². The quantitative estimate of drug-likeness (QED) is 0.435. The predicted octanol–water partition coefficient (Wildman–Crippen LogP) is 1.07. The van der Waals surface area contributed by atoms with Gasteiger partial charge >= 0.3 is 11.9 Å². The van der Waals surface area contributed by atoms with Gasteiger partial charge in [0.25, 0.3) is 0 Å². The molecule has 6 nitrogen and oxygen atoms in total. The van der Waals surface area contributed by atoms with Crippen molar-refractivity contribution in [2.45, 2.75) is 20.3 Å². The molecule has 17 heavy (non-hydrogen) atoms. The number of carbonyl (C=O) groups is 4. The van der Waals surface area contributed by atoms with Crippen LogP contribution in [0.1, 0.15) is 20.3 Å². The zero-order chi connectivity index (χ0) is 14.4. The van der Waals surface area contributed by atoms with E-state index in [0.717, 1.165) is 0 Å². The summed E-state index contributed by atoms with van der Waals surface area (Å²) < 4.78 is 0. The van der Waals surface area contributed by atoms with Gasteiger partial charge in [-0.15, -0.1) is 0 Å². The summed E-state index contributed by atoms with van der Waals surface area (Å²) in [7, 11) is 0. The highest BCUT2D eigenvalue weighted by molar-refractivity contribution is 5.85. The van der Waals surface area contributed by atoms with Crippen molar-refractivity contribution in [3.8, 4) is 0 Å². The Morgan fingerprint density at radius 2 is 1.12 bits per heavy atom. The molecule has 0 aliphatic carbocycles. The summed E-state index contributed by atoms with van der Waals surface area (Å²) in [5.74, 6) is -1.87. The summed E-state index contributed by atoms with van der Waals surface area (Å²) >= 11 is 0. The van der Waals surface area contributed by atoms with E-state index < -0.39 is 11.9 Å². The molecule has 0 fully saturated rings. The minimum absolute atomic E-state index is 0.0278. The Balaban J connectivity index is -0.000000174. The lowest BCUT2D eigenvalue weighted by molar-refractivity contribution is -0.133. The van der Waals surface area contributed by atoms with E-state index in [0.29, 0.717) is 12.6 Å². The zero-order valence-corrected chi connectivity index (χ0v) is 9.80. The van der Waals surface area contributed by atoms with Crippen LogP contribution >= 0.6 is 0 Å². The van der Waals surface area contributed by atoms with Crippen molar-refractivity contribution in [1.29, 1.82) is 0 Å². The predicted molar refractivity (Wildman–Crippen MR) is 61.6 cm³/mol. The summed E-state index contributed by atoms with van der Waals surface area (Å²) in [4.78, 5) is 37.5. The molecule has 0 aromatic carbocycles.